The number of benzene rings is 1. The van der Waals surface area contributed by atoms with Gasteiger partial charge < -0.3 is 15.8 Å². The van der Waals surface area contributed by atoms with E-state index in [2.05, 4.69) is 66.2 Å². The van der Waals surface area contributed by atoms with E-state index in [0.717, 1.165) is 54.7 Å². The third-order valence-corrected chi connectivity index (χ3v) is 5.61. The van der Waals surface area contributed by atoms with Gasteiger partial charge in [0.15, 0.2) is 11.3 Å². The number of aromatic nitrogens is 4. The standard InChI is InChI=1S/C23H35N7O/c1-6-8-11-25-22-21-19(26-23(24)27-22)15-30(28-21)14-18-10-9-17(13-20(18)31-5)16(3)29(4)12-7-2/h9-10,13,15-16H,6-8,11-12,14H2,1-5H3,(H3,24,25,26,27)/t16-/m1/s1. The fourth-order valence-electron chi connectivity index (χ4n) is 3.69. The zero-order valence-corrected chi connectivity index (χ0v) is 19.4. The molecule has 0 unspecified atom stereocenters. The molecule has 1 aromatic carbocycles. The molecule has 0 fully saturated rings. The van der Waals surface area contributed by atoms with E-state index < -0.39 is 0 Å². The molecule has 0 radical (unpaired) electrons. The van der Waals surface area contributed by atoms with Gasteiger partial charge in [0.2, 0.25) is 5.95 Å². The molecule has 3 N–H and O–H groups in total. The summed E-state index contributed by atoms with van der Waals surface area (Å²) in [6.07, 6.45) is 5.20. The van der Waals surface area contributed by atoms with Gasteiger partial charge in [-0.2, -0.15) is 10.1 Å². The molecule has 0 aliphatic carbocycles. The maximum absolute atomic E-state index is 5.90. The van der Waals surface area contributed by atoms with Crippen LogP contribution in [-0.2, 0) is 6.54 Å². The van der Waals surface area contributed by atoms with Gasteiger partial charge in [0.05, 0.1) is 19.9 Å². The lowest BCUT2D eigenvalue weighted by atomic mass is 10.0. The van der Waals surface area contributed by atoms with Crippen molar-refractivity contribution in [1.82, 2.24) is 24.6 Å². The average Bonchev–Trinajstić information content (AvgIpc) is 3.16. The van der Waals surface area contributed by atoms with Crippen molar-refractivity contribution in [2.45, 2.75) is 52.6 Å². The van der Waals surface area contributed by atoms with E-state index in [1.807, 2.05) is 10.9 Å². The molecule has 0 spiro atoms. The van der Waals surface area contributed by atoms with E-state index >= 15 is 0 Å². The van der Waals surface area contributed by atoms with Crippen LogP contribution in [0.15, 0.2) is 24.4 Å². The first kappa shape index (κ1) is 22.8. The molecule has 2 heterocycles. The molecule has 8 nitrogen and oxygen atoms in total. The number of ether oxygens (including phenoxy) is 1. The molecule has 0 bridgehead atoms. The minimum atomic E-state index is 0.248. The number of methoxy groups -OCH3 is 1. The van der Waals surface area contributed by atoms with Crippen LogP contribution in [0.5, 0.6) is 5.75 Å². The predicted octanol–water partition coefficient (Wildman–Crippen LogP) is 4.08. The summed E-state index contributed by atoms with van der Waals surface area (Å²) < 4.78 is 7.58. The Bertz CT molecular complexity index is 1000. The molecule has 8 heteroatoms. The van der Waals surface area contributed by atoms with Crippen molar-refractivity contribution in [3.63, 3.8) is 0 Å². The number of unbranched alkanes of at least 4 members (excludes halogenated alkanes) is 1. The van der Waals surface area contributed by atoms with Gasteiger partial charge in [-0.3, -0.25) is 9.58 Å². The first-order valence-corrected chi connectivity index (χ1v) is 11.1. The van der Waals surface area contributed by atoms with E-state index in [1.165, 1.54) is 5.56 Å². The minimum absolute atomic E-state index is 0.248. The van der Waals surface area contributed by atoms with Crippen molar-refractivity contribution in [2.75, 3.05) is 38.3 Å². The topological polar surface area (TPSA) is 94.1 Å². The number of hydrogen-bond acceptors (Lipinski definition) is 7. The Morgan fingerprint density at radius 2 is 2.03 bits per heavy atom. The van der Waals surface area contributed by atoms with Gasteiger partial charge in [0.25, 0.3) is 0 Å². The quantitative estimate of drug-likeness (QED) is 0.447. The van der Waals surface area contributed by atoms with Crippen molar-refractivity contribution >= 4 is 22.8 Å². The van der Waals surface area contributed by atoms with Gasteiger partial charge in [-0.25, -0.2) is 4.98 Å². The molecule has 0 saturated heterocycles. The fraction of sp³-hybridized carbons (Fsp3) is 0.522. The van der Waals surface area contributed by atoms with Crippen molar-refractivity contribution in [2.24, 2.45) is 0 Å². The van der Waals surface area contributed by atoms with Crippen LogP contribution >= 0.6 is 0 Å². The second-order valence-corrected chi connectivity index (χ2v) is 8.00. The number of nitrogens with one attached hydrogen (secondary N) is 1. The van der Waals surface area contributed by atoms with Crippen LogP contribution in [0, 0.1) is 0 Å². The van der Waals surface area contributed by atoms with Gasteiger partial charge in [-0.1, -0.05) is 32.4 Å². The number of nitrogen functional groups attached to an aromatic ring is 1. The van der Waals surface area contributed by atoms with Crippen LogP contribution in [-0.4, -0.2) is 51.9 Å². The predicted molar refractivity (Wildman–Crippen MR) is 127 cm³/mol. The highest BCUT2D eigenvalue weighted by atomic mass is 16.5. The third kappa shape index (κ3) is 5.44. The first-order valence-electron chi connectivity index (χ1n) is 11.1. The van der Waals surface area contributed by atoms with Gasteiger partial charge in [0.1, 0.15) is 11.3 Å². The lowest BCUT2D eigenvalue weighted by Crippen LogP contribution is -2.23. The molecule has 1 atom stereocenters. The molecule has 0 saturated carbocycles. The van der Waals surface area contributed by atoms with E-state index in [-0.39, 0.29) is 5.95 Å². The van der Waals surface area contributed by atoms with Crippen LogP contribution in [0.4, 0.5) is 11.8 Å². The normalized spacial score (nSPS) is 12.5. The maximum Gasteiger partial charge on any atom is 0.222 e. The Morgan fingerprint density at radius 3 is 2.74 bits per heavy atom. The second-order valence-electron chi connectivity index (χ2n) is 8.00. The Kier molecular flexibility index (Phi) is 7.68. The lowest BCUT2D eigenvalue weighted by molar-refractivity contribution is 0.261. The number of hydrogen-bond donors (Lipinski definition) is 2. The average molecular weight is 426 g/mol. The molecule has 0 aliphatic heterocycles. The summed E-state index contributed by atoms with van der Waals surface area (Å²) in [4.78, 5) is 11.0. The molecule has 0 aliphatic rings. The van der Waals surface area contributed by atoms with E-state index in [9.17, 15) is 0 Å². The second kappa shape index (κ2) is 10.4. The third-order valence-electron chi connectivity index (χ3n) is 5.61. The lowest BCUT2D eigenvalue weighted by Gasteiger charge is -2.25. The van der Waals surface area contributed by atoms with Crippen molar-refractivity contribution < 1.29 is 4.74 Å². The summed E-state index contributed by atoms with van der Waals surface area (Å²) in [5, 5.41) is 8.06. The van der Waals surface area contributed by atoms with Crippen molar-refractivity contribution in [3.05, 3.63) is 35.5 Å². The maximum atomic E-state index is 5.90. The van der Waals surface area contributed by atoms with E-state index in [0.29, 0.717) is 18.4 Å². The van der Waals surface area contributed by atoms with E-state index in [4.69, 9.17) is 15.6 Å². The summed E-state index contributed by atoms with van der Waals surface area (Å²) in [5.41, 5.74) is 9.67. The molecule has 2 aromatic heterocycles. The highest BCUT2D eigenvalue weighted by molar-refractivity contribution is 5.85. The summed E-state index contributed by atoms with van der Waals surface area (Å²) >= 11 is 0. The monoisotopic (exact) mass is 425 g/mol. The SMILES string of the molecule is CCCCNc1nc(N)nc2cn(Cc3ccc([C@@H](C)N(C)CCC)cc3OC)nc12. The number of fused-ring (bicyclic) bond motifs is 1. The Balaban J connectivity index is 1.85. The smallest absolute Gasteiger partial charge is 0.222 e. The highest BCUT2D eigenvalue weighted by Crippen LogP contribution is 2.28. The van der Waals surface area contributed by atoms with Crippen LogP contribution in [0.3, 0.4) is 0 Å². The zero-order chi connectivity index (χ0) is 22.4. The summed E-state index contributed by atoms with van der Waals surface area (Å²) in [5.74, 6) is 1.80. The van der Waals surface area contributed by atoms with E-state index in [1.54, 1.807) is 7.11 Å². The largest absolute Gasteiger partial charge is 0.496 e. The summed E-state index contributed by atoms with van der Waals surface area (Å²) in [6.45, 7) is 9.04. The fourth-order valence-corrected chi connectivity index (χ4v) is 3.69. The van der Waals surface area contributed by atoms with Crippen LogP contribution in [0.25, 0.3) is 11.0 Å². The molecular weight excluding hydrogens is 390 g/mol. The number of nitrogens with two attached hydrogens (primary N) is 1. The molecule has 3 aromatic rings. The number of anilines is 2. The summed E-state index contributed by atoms with van der Waals surface area (Å²) in [6, 6.07) is 6.75. The molecular formula is C23H35N7O. The molecule has 0 amide bonds. The first-order chi connectivity index (χ1) is 15.0. The number of rotatable bonds is 11. The van der Waals surface area contributed by atoms with Crippen molar-refractivity contribution in [3.8, 4) is 5.75 Å². The van der Waals surface area contributed by atoms with Gasteiger partial charge in [0, 0.05) is 18.2 Å². The Hall–Kier alpha value is -2.87. The summed E-state index contributed by atoms with van der Waals surface area (Å²) in [7, 11) is 3.87. The van der Waals surface area contributed by atoms with Crippen molar-refractivity contribution in [1.29, 1.82) is 0 Å². The highest BCUT2D eigenvalue weighted by Gasteiger charge is 2.15. The zero-order valence-electron chi connectivity index (χ0n) is 19.4. The Morgan fingerprint density at radius 1 is 1.23 bits per heavy atom. The van der Waals surface area contributed by atoms with Crippen LogP contribution in [0.1, 0.15) is 57.2 Å². The van der Waals surface area contributed by atoms with Gasteiger partial charge in [-0.05, 0) is 45.0 Å². The van der Waals surface area contributed by atoms with Crippen LogP contribution < -0.4 is 15.8 Å². The molecule has 3 rings (SSSR count). The van der Waals surface area contributed by atoms with Gasteiger partial charge in [-0.15, -0.1) is 0 Å². The Labute approximate surface area is 184 Å². The molecule has 31 heavy (non-hydrogen) atoms. The van der Waals surface area contributed by atoms with Crippen LogP contribution in [0.2, 0.25) is 0 Å². The number of nitrogens with zero attached hydrogens (tertiary/aromatic N) is 5. The van der Waals surface area contributed by atoms with Gasteiger partial charge >= 0.3 is 0 Å². The molecule has 168 valence electrons. The minimum Gasteiger partial charge on any atom is -0.496 e.